The van der Waals surface area contributed by atoms with Crippen LogP contribution in [0.4, 0.5) is 0 Å². The quantitative estimate of drug-likeness (QED) is 0.231. The van der Waals surface area contributed by atoms with Gasteiger partial charge in [0.2, 0.25) is 0 Å². The summed E-state index contributed by atoms with van der Waals surface area (Å²) in [5, 5.41) is 0. The van der Waals surface area contributed by atoms with Crippen LogP contribution in [0.2, 0.25) is 6.04 Å². The van der Waals surface area contributed by atoms with Crippen LogP contribution in [0.3, 0.4) is 0 Å². The van der Waals surface area contributed by atoms with E-state index >= 15 is 0 Å². The van der Waals surface area contributed by atoms with Crippen molar-refractivity contribution >= 4 is 18.4 Å². The molecule has 0 bridgehead atoms. The number of hydrogen-bond acceptors (Lipinski definition) is 0. The molecule has 2 aromatic carbocycles. The molecular formula is C28H36HfSi. The second kappa shape index (κ2) is 9.65. The first-order chi connectivity index (χ1) is 14.6. The first kappa shape index (κ1) is 22.2. The van der Waals surface area contributed by atoms with Crippen LogP contribution >= 0.6 is 0 Å². The minimum absolute atomic E-state index is 0.613. The van der Waals surface area contributed by atoms with Crippen molar-refractivity contribution in [3.8, 4) is 0 Å². The standard InChI is InChI=1S/2C12H13.C4H10Si.Hf/c2*1-3-10-7-11-6-4-5-9(2)12(11)8-10;1-2-3-4-5;/h2*4-8H,3H2,1-2H3;5H,2-4H2,1H3;. The van der Waals surface area contributed by atoms with Crippen molar-refractivity contribution in [3.63, 3.8) is 0 Å². The van der Waals surface area contributed by atoms with Gasteiger partial charge in [-0.3, -0.25) is 0 Å². The molecule has 0 N–H and O–H groups in total. The third kappa shape index (κ3) is 3.95. The number of benzene rings is 2. The van der Waals surface area contributed by atoms with Crippen LogP contribution in [0, 0.1) is 13.8 Å². The van der Waals surface area contributed by atoms with Crippen molar-refractivity contribution < 1.29 is 20.1 Å². The summed E-state index contributed by atoms with van der Waals surface area (Å²) < 4.78 is 1.63. The van der Waals surface area contributed by atoms with Crippen LogP contribution in [0.15, 0.2) is 47.5 Å². The van der Waals surface area contributed by atoms with E-state index in [9.17, 15) is 0 Å². The van der Waals surface area contributed by atoms with Crippen LogP contribution in [0.5, 0.6) is 0 Å². The van der Waals surface area contributed by atoms with Gasteiger partial charge in [0.1, 0.15) is 0 Å². The number of aryl methyl sites for hydroxylation is 2. The van der Waals surface area contributed by atoms with Crippen LogP contribution in [-0.4, -0.2) is 6.22 Å². The monoisotopic (exact) mass is 580 g/mol. The van der Waals surface area contributed by atoms with Crippen molar-refractivity contribution in [1.29, 1.82) is 0 Å². The van der Waals surface area contributed by atoms with Crippen LogP contribution < -0.4 is 0 Å². The van der Waals surface area contributed by atoms with Gasteiger partial charge < -0.3 is 0 Å². The first-order valence-corrected chi connectivity index (χ1v) is 23.7. The van der Waals surface area contributed by atoms with Crippen LogP contribution in [0.1, 0.15) is 87.2 Å². The van der Waals surface area contributed by atoms with E-state index in [0.29, 0.717) is 6.22 Å². The third-order valence-electron chi connectivity index (χ3n) is 7.16. The molecule has 0 heterocycles. The predicted molar refractivity (Wildman–Crippen MR) is 131 cm³/mol. The SMILES string of the molecule is CCCC[SiH]=[Hf]([CH]1C(CC)=Cc2c(C)cccc21)[CH]1C(CC)=Cc2c(C)cccc21. The Balaban J connectivity index is 1.89. The second-order valence-electron chi connectivity index (χ2n) is 9.01. The van der Waals surface area contributed by atoms with Gasteiger partial charge in [-0.05, 0) is 0 Å². The van der Waals surface area contributed by atoms with E-state index in [4.69, 9.17) is 0 Å². The van der Waals surface area contributed by atoms with Crippen molar-refractivity contribution in [2.45, 2.75) is 73.7 Å². The molecule has 4 rings (SSSR count). The fraction of sp³-hybridized carbons (Fsp3) is 0.429. The van der Waals surface area contributed by atoms with Gasteiger partial charge in [0, 0.05) is 0 Å². The van der Waals surface area contributed by atoms with Gasteiger partial charge in [-0.25, -0.2) is 0 Å². The molecule has 2 aliphatic rings. The fourth-order valence-corrected chi connectivity index (χ4v) is 35.0. The Morgan fingerprint density at radius 1 is 0.767 bits per heavy atom. The van der Waals surface area contributed by atoms with Crippen LogP contribution in [0.25, 0.3) is 12.2 Å². The minimum atomic E-state index is -2.06. The average molecular weight is 579 g/mol. The Morgan fingerprint density at radius 2 is 1.27 bits per heavy atom. The predicted octanol–water partition coefficient (Wildman–Crippen LogP) is 7.89. The molecule has 0 spiro atoms. The van der Waals surface area contributed by atoms with Crippen molar-refractivity contribution in [2.24, 2.45) is 0 Å². The summed E-state index contributed by atoms with van der Waals surface area (Å²) in [5.74, 6) is 0. The van der Waals surface area contributed by atoms with Gasteiger partial charge in [0.25, 0.3) is 0 Å². The molecule has 156 valence electrons. The number of rotatable bonds is 7. The molecule has 2 heteroatoms. The van der Waals surface area contributed by atoms with Gasteiger partial charge in [0.15, 0.2) is 0 Å². The first-order valence-electron chi connectivity index (χ1n) is 11.9. The molecule has 0 fully saturated rings. The van der Waals surface area contributed by atoms with E-state index in [1.165, 1.54) is 42.9 Å². The normalized spacial score (nSPS) is 19.2. The Kier molecular flexibility index (Phi) is 7.14. The summed E-state index contributed by atoms with van der Waals surface area (Å²) in [4.78, 5) is 0. The summed E-state index contributed by atoms with van der Waals surface area (Å²) in [6, 6.07) is 15.7. The second-order valence-corrected chi connectivity index (χ2v) is 27.6. The molecule has 0 radical (unpaired) electrons. The molecule has 30 heavy (non-hydrogen) atoms. The van der Waals surface area contributed by atoms with E-state index in [-0.39, 0.29) is 0 Å². The summed E-state index contributed by atoms with van der Waals surface area (Å²) in [5.41, 5.74) is 13.0. The molecule has 2 aromatic rings. The Hall–Kier alpha value is -0.993. The molecule has 2 unspecified atom stereocenters. The summed E-state index contributed by atoms with van der Waals surface area (Å²) in [6.45, 7) is 11.8. The molecule has 0 aliphatic heterocycles. The summed E-state index contributed by atoms with van der Waals surface area (Å²) in [6.07, 6.45) is 11.0. The molecule has 0 amide bonds. The summed E-state index contributed by atoms with van der Waals surface area (Å²) >= 11 is -2.06. The molecule has 2 aliphatic carbocycles. The van der Waals surface area contributed by atoms with E-state index < -0.39 is 20.1 Å². The third-order valence-corrected chi connectivity index (χ3v) is 31.7. The molecule has 0 aromatic heterocycles. The maximum atomic E-state index is 2.60. The Morgan fingerprint density at radius 3 is 1.70 bits per heavy atom. The van der Waals surface area contributed by atoms with Crippen molar-refractivity contribution in [2.75, 3.05) is 0 Å². The van der Waals surface area contributed by atoms with Gasteiger partial charge in [-0.2, -0.15) is 0 Å². The molecule has 0 saturated carbocycles. The van der Waals surface area contributed by atoms with E-state index in [1.807, 2.05) is 0 Å². The van der Waals surface area contributed by atoms with Crippen molar-refractivity contribution in [1.82, 2.24) is 0 Å². The van der Waals surface area contributed by atoms with Gasteiger partial charge >= 0.3 is 193 Å². The Bertz CT molecular complexity index is 963. The number of fused-ring (bicyclic) bond motifs is 2. The summed E-state index contributed by atoms with van der Waals surface area (Å²) in [7, 11) is 0. The number of hydrogen-bond donors (Lipinski definition) is 0. The van der Waals surface area contributed by atoms with E-state index in [0.717, 1.165) is 7.35 Å². The maximum absolute atomic E-state index is 2.60. The number of unbranched alkanes of at least 4 members (excludes halogenated alkanes) is 1. The van der Waals surface area contributed by atoms with Crippen molar-refractivity contribution in [3.05, 3.63) is 80.9 Å². The van der Waals surface area contributed by atoms with E-state index in [2.05, 4.69) is 83.2 Å². The fourth-order valence-electron chi connectivity index (χ4n) is 5.52. The molecule has 0 nitrogen and oxygen atoms in total. The molecular weight excluding hydrogens is 543 g/mol. The average Bonchev–Trinajstić information content (AvgIpc) is 3.32. The van der Waals surface area contributed by atoms with Gasteiger partial charge in [-0.1, -0.05) is 0 Å². The molecule has 0 saturated heterocycles. The topological polar surface area (TPSA) is 0 Å². The zero-order chi connectivity index (χ0) is 21.3. The zero-order valence-electron chi connectivity index (χ0n) is 19.4. The van der Waals surface area contributed by atoms with E-state index in [1.54, 1.807) is 33.4 Å². The van der Waals surface area contributed by atoms with Crippen LogP contribution in [-0.2, 0) is 20.1 Å². The number of allylic oxidation sites excluding steroid dienone is 2. The zero-order valence-corrected chi connectivity index (χ0v) is 24.1. The molecule has 2 atom stereocenters. The Labute approximate surface area is 192 Å². The van der Waals surface area contributed by atoms with Gasteiger partial charge in [0.05, 0.1) is 0 Å². The van der Waals surface area contributed by atoms with Gasteiger partial charge in [-0.15, -0.1) is 0 Å².